The van der Waals surface area contributed by atoms with Crippen molar-refractivity contribution in [2.75, 3.05) is 0 Å². The van der Waals surface area contributed by atoms with E-state index in [1.165, 1.54) is 6.07 Å². The number of nitro groups is 1. The minimum absolute atomic E-state index is 0.0242. The van der Waals surface area contributed by atoms with Crippen molar-refractivity contribution < 1.29 is 4.92 Å². The molecule has 0 N–H and O–H groups in total. The van der Waals surface area contributed by atoms with E-state index < -0.39 is 4.92 Å². The number of nitrogens with zero attached hydrogens (tertiary/aromatic N) is 2. The Morgan fingerprint density at radius 2 is 2.38 bits per heavy atom. The third kappa shape index (κ3) is 3.72. The van der Waals surface area contributed by atoms with Gasteiger partial charge in [0.15, 0.2) is 0 Å². The van der Waals surface area contributed by atoms with E-state index in [0.717, 1.165) is 12.8 Å². The third-order valence-electron chi connectivity index (χ3n) is 2.13. The number of hydrogen-bond acceptors (Lipinski definition) is 3. The fourth-order valence-corrected chi connectivity index (χ4v) is 2.08. The molecule has 0 aromatic carbocycles. The van der Waals surface area contributed by atoms with Gasteiger partial charge in [-0.25, -0.2) is 0 Å². The molecule has 6 heteroatoms. The van der Waals surface area contributed by atoms with Crippen LogP contribution < -0.4 is 0 Å². The second-order valence-corrected chi connectivity index (χ2v) is 5.00. The second-order valence-electron chi connectivity index (χ2n) is 3.47. The summed E-state index contributed by atoms with van der Waals surface area (Å²) in [4.78, 5) is 14.4. The average molecular weight is 308 g/mol. The summed E-state index contributed by atoms with van der Waals surface area (Å²) in [5.41, 5.74) is 0.470. The fourth-order valence-electron chi connectivity index (χ4n) is 1.40. The van der Waals surface area contributed by atoms with Crippen LogP contribution in [0, 0.1) is 10.1 Å². The highest BCUT2D eigenvalue weighted by Gasteiger charge is 2.18. The van der Waals surface area contributed by atoms with Gasteiger partial charge in [-0.15, -0.1) is 11.6 Å². The highest BCUT2D eigenvalue weighted by molar-refractivity contribution is 9.10. The van der Waals surface area contributed by atoms with Crippen molar-refractivity contribution in [2.45, 2.75) is 31.6 Å². The van der Waals surface area contributed by atoms with Gasteiger partial charge in [0.25, 0.3) is 5.69 Å². The van der Waals surface area contributed by atoms with Crippen molar-refractivity contribution in [3.05, 3.63) is 32.5 Å². The molecule has 4 nitrogen and oxygen atoms in total. The summed E-state index contributed by atoms with van der Waals surface area (Å²) >= 11 is 9.22. The number of alkyl halides is 1. The maximum atomic E-state index is 10.8. The van der Waals surface area contributed by atoms with Gasteiger partial charge in [0.05, 0.1) is 4.92 Å². The third-order valence-corrected chi connectivity index (χ3v) is 2.93. The lowest BCUT2D eigenvalue weighted by Crippen LogP contribution is -2.07. The van der Waals surface area contributed by atoms with Gasteiger partial charge in [0, 0.05) is 28.5 Å². The van der Waals surface area contributed by atoms with E-state index in [1.807, 2.05) is 6.92 Å². The van der Waals surface area contributed by atoms with Crippen molar-refractivity contribution in [3.63, 3.8) is 0 Å². The van der Waals surface area contributed by atoms with Crippen LogP contribution in [0.25, 0.3) is 0 Å². The molecular formula is C10H12BrClN2O2. The van der Waals surface area contributed by atoms with Gasteiger partial charge in [0.2, 0.25) is 0 Å². The van der Waals surface area contributed by atoms with E-state index in [4.69, 9.17) is 11.6 Å². The molecule has 0 aliphatic carbocycles. The molecular weight excluding hydrogens is 295 g/mol. The molecule has 0 saturated carbocycles. The topological polar surface area (TPSA) is 56.0 Å². The molecule has 88 valence electrons. The number of pyridine rings is 1. The Balaban J connectivity index is 2.90. The smallest absolute Gasteiger partial charge is 0.258 e. The molecule has 1 unspecified atom stereocenters. The van der Waals surface area contributed by atoms with Crippen LogP contribution in [0.2, 0.25) is 0 Å². The predicted molar refractivity (Wildman–Crippen MR) is 66.8 cm³/mol. The van der Waals surface area contributed by atoms with Crippen LogP contribution in [-0.4, -0.2) is 15.3 Å². The zero-order chi connectivity index (χ0) is 12.1. The first kappa shape index (κ1) is 13.4. The van der Waals surface area contributed by atoms with Gasteiger partial charge in [0.1, 0.15) is 5.69 Å². The van der Waals surface area contributed by atoms with E-state index in [9.17, 15) is 10.1 Å². The lowest BCUT2D eigenvalue weighted by molar-refractivity contribution is -0.386. The maximum Gasteiger partial charge on any atom is 0.291 e. The monoisotopic (exact) mass is 306 g/mol. The van der Waals surface area contributed by atoms with Gasteiger partial charge in [-0.2, -0.15) is 0 Å². The Morgan fingerprint density at radius 1 is 1.69 bits per heavy atom. The molecule has 0 aliphatic rings. The van der Waals surface area contributed by atoms with E-state index in [2.05, 4.69) is 20.9 Å². The highest BCUT2D eigenvalue weighted by Crippen LogP contribution is 2.24. The molecule has 0 amide bonds. The lowest BCUT2D eigenvalue weighted by Gasteiger charge is -2.07. The number of aromatic nitrogens is 1. The number of halogens is 2. The van der Waals surface area contributed by atoms with Crippen LogP contribution in [-0.2, 0) is 6.42 Å². The maximum absolute atomic E-state index is 10.8. The summed E-state index contributed by atoms with van der Waals surface area (Å²) in [6.45, 7) is 2.03. The minimum atomic E-state index is -0.428. The van der Waals surface area contributed by atoms with Crippen molar-refractivity contribution in [2.24, 2.45) is 0 Å². The Hall–Kier alpha value is -0.680. The summed E-state index contributed by atoms with van der Waals surface area (Å²) in [7, 11) is 0. The second kappa shape index (κ2) is 6.15. The molecule has 0 aliphatic heterocycles. The van der Waals surface area contributed by atoms with Gasteiger partial charge in [-0.1, -0.05) is 13.3 Å². The fraction of sp³-hybridized carbons (Fsp3) is 0.500. The largest absolute Gasteiger partial charge is 0.291 e. The van der Waals surface area contributed by atoms with Gasteiger partial charge >= 0.3 is 0 Å². The van der Waals surface area contributed by atoms with E-state index >= 15 is 0 Å². The predicted octanol–water partition coefficient (Wildman–Crippen LogP) is 3.70. The first-order valence-corrected chi connectivity index (χ1v) is 6.20. The SMILES string of the molecule is CCCC(Cl)Cc1ncc(Br)cc1[N+](=O)[O-]. The average Bonchev–Trinajstić information content (AvgIpc) is 2.20. The zero-order valence-electron chi connectivity index (χ0n) is 8.82. The number of rotatable bonds is 5. The Morgan fingerprint density at radius 3 is 2.94 bits per heavy atom. The normalized spacial score (nSPS) is 12.4. The first-order valence-electron chi connectivity index (χ1n) is 4.97. The van der Waals surface area contributed by atoms with Gasteiger partial charge < -0.3 is 0 Å². The van der Waals surface area contributed by atoms with E-state index in [1.54, 1.807) is 6.20 Å². The van der Waals surface area contributed by atoms with Crippen molar-refractivity contribution >= 4 is 33.2 Å². The Labute approximate surface area is 107 Å². The minimum Gasteiger partial charge on any atom is -0.258 e. The molecule has 0 saturated heterocycles. The Bertz CT molecular complexity index is 387. The van der Waals surface area contributed by atoms with E-state index in [-0.39, 0.29) is 11.1 Å². The molecule has 0 fully saturated rings. The summed E-state index contributed by atoms with van der Waals surface area (Å²) in [6, 6.07) is 1.46. The van der Waals surface area contributed by atoms with Crippen LogP contribution in [0.1, 0.15) is 25.5 Å². The van der Waals surface area contributed by atoms with Crippen LogP contribution in [0.3, 0.4) is 0 Å². The molecule has 1 atom stereocenters. The molecule has 1 aromatic rings. The molecule has 1 aromatic heterocycles. The molecule has 1 rings (SSSR count). The molecule has 0 radical (unpaired) electrons. The molecule has 16 heavy (non-hydrogen) atoms. The summed E-state index contributed by atoms with van der Waals surface area (Å²) in [5.74, 6) is 0. The number of hydrogen-bond donors (Lipinski definition) is 0. The zero-order valence-corrected chi connectivity index (χ0v) is 11.2. The van der Waals surface area contributed by atoms with Gasteiger partial charge in [-0.05, 0) is 22.4 Å². The van der Waals surface area contributed by atoms with Crippen LogP contribution >= 0.6 is 27.5 Å². The standard InChI is InChI=1S/C10H12BrClN2O2/c1-2-3-8(12)5-9-10(14(15)16)4-7(11)6-13-9/h4,6,8H,2-3,5H2,1H3. The van der Waals surface area contributed by atoms with Crippen molar-refractivity contribution in [3.8, 4) is 0 Å². The van der Waals surface area contributed by atoms with Gasteiger partial charge in [-0.3, -0.25) is 15.1 Å². The van der Waals surface area contributed by atoms with Crippen LogP contribution in [0.4, 0.5) is 5.69 Å². The van der Waals surface area contributed by atoms with Crippen LogP contribution in [0.15, 0.2) is 16.7 Å². The van der Waals surface area contributed by atoms with Crippen molar-refractivity contribution in [1.82, 2.24) is 4.98 Å². The summed E-state index contributed by atoms with van der Waals surface area (Å²) in [5, 5.41) is 10.7. The molecule has 0 spiro atoms. The lowest BCUT2D eigenvalue weighted by atomic mass is 10.1. The first-order chi connectivity index (χ1) is 7.54. The quantitative estimate of drug-likeness (QED) is 0.473. The highest BCUT2D eigenvalue weighted by atomic mass is 79.9. The summed E-state index contributed by atoms with van der Waals surface area (Å²) in [6.07, 6.45) is 3.77. The summed E-state index contributed by atoms with van der Waals surface area (Å²) < 4.78 is 0.601. The van der Waals surface area contributed by atoms with E-state index in [0.29, 0.717) is 16.6 Å². The molecule has 1 heterocycles. The Kier molecular flexibility index (Phi) is 5.15. The van der Waals surface area contributed by atoms with Crippen LogP contribution in [0.5, 0.6) is 0 Å². The molecule has 0 bridgehead atoms. The van der Waals surface area contributed by atoms with Crippen molar-refractivity contribution in [1.29, 1.82) is 0 Å².